The number of rotatable bonds is 3. The van der Waals surface area contributed by atoms with E-state index in [1.165, 1.54) is 0 Å². The molecule has 2 aromatic carbocycles. The van der Waals surface area contributed by atoms with E-state index in [1.54, 1.807) is 20.3 Å². The van der Waals surface area contributed by atoms with Crippen molar-refractivity contribution in [1.82, 2.24) is 10.3 Å². The van der Waals surface area contributed by atoms with Crippen molar-refractivity contribution in [3.8, 4) is 22.6 Å². The topological polar surface area (TPSA) is 63.7 Å². The standard InChI is InChI=1S/C22H21N3O3/c1-27-17-11-14-15(12-18(17)28-2)21(26)19-13-5-3-4-6-16(13)24-22(20(14)19)25-9-7-23-8-10-25/h3-6,11-12,23H,7-10H2,1-2H3. The van der Waals surface area contributed by atoms with Gasteiger partial charge in [0.25, 0.3) is 0 Å². The van der Waals surface area contributed by atoms with E-state index in [0.29, 0.717) is 17.1 Å². The van der Waals surface area contributed by atoms with Crippen molar-refractivity contribution in [3.05, 3.63) is 47.5 Å². The van der Waals surface area contributed by atoms with E-state index in [1.807, 2.05) is 30.3 Å². The van der Waals surface area contributed by atoms with Gasteiger partial charge < -0.3 is 19.7 Å². The summed E-state index contributed by atoms with van der Waals surface area (Å²) in [6, 6.07) is 11.5. The molecule has 0 radical (unpaired) electrons. The second kappa shape index (κ2) is 6.49. The lowest BCUT2D eigenvalue weighted by atomic mass is 10.0. The van der Waals surface area contributed by atoms with Crippen molar-refractivity contribution in [2.45, 2.75) is 0 Å². The number of benzene rings is 2. The smallest absolute Gasteiger partial charge is 0.195 e. The predicted molar refractivity (Wildman–Crippen MR) is 109 cm³/mol. The summed E-state index contributed by atoms with van der Waals surface area (Å²) in [6.45, 7) is 3.51. The molecule has 1 saturated heterocycles. The van der Waals surface area contributed by atoms with E-state index in [-0.39, 0.29) is 5.78 Å². The number of ketones is 1. The molecule has 0 atom stereocenters. The number of para-hydroxylation sites is 1. The van der Waals surface area contributed by atoms with Gasteiger partial charge in [0, 0.05) is 53.8 Å². The van der Waals surface area contributed by atoms with Crippen LogP contribution in [0.2, 0.25) is 0 Å². The van der Waals surface area contributed by atoms with Crippen LogP contribution in [0.1, 0.15) is 15.9 Å². The highest BCUT2D eigenvalue weighted by Crippen LogP contribution is 2.48. The molecule has 1 aromatic heterocycles. The summed E-state index contributed by atoms with van der Waals surface area (Å²) < 4.78 is 10.9. The van der Waals surface area contributed by atoms with E-state index < -0.39 is 0 Å². The summed E-state index contributed by atoms with van der Waals surface area (Å²) in [5, 5.41) is 4.26. The van der Waals surface area contributed by atoms with Crippen LogP contribution in [0.15, 0.2) is 36.4 Å². The fourth-order valence-corrected chi connectivity index (χ4v) is 4.20. The number of aromatic nitrogens is 1. The summed E-state index contributed by atoms with van der Waals surface area (Å²) in [6.07, 6.45) is 0. The molecule has 1 fully saturated rings. The number of piperazine rings is 1. The van der Waals surface area contributed by atoms with Crippen LogP contribution in [0, 0.1) is 0 Å². The summed E-state index contributed by atoms with van der Waals surface area (Å²) in [5.74, 6) is 2.06. The minimum Gasteiger partial charge on any atom is -0.493 e. The number of ether oxygens (including phenoxy) is 2. The molecule has 3 aromatic rings. The molecule has 0 amide bonds. The molecule has 0 bridgehead atoms. The molecule has 1 aliphatic carbocycles. The average Bonchev–Trinajstić information content (AvgIpc) is 3.05. The first kappa shape index (κ1) is 17.0. The van der Waals surface area contributed by atoms with Gasteiger partial charge in [0.05, 0.1) is 19.7 Å². The fraction of sp³-hybridized carbons (Fsp3) is 0.273. The number of nitrogens with one attached hydrogen (secondary N) is 1. The van der Waals surface area contributed by atoms with Crippen LogP contribution in [0.4, 0.5) is 5.82 Å². The molecule has 0 unspecified atom stereocenters. The predicted octanol–water partition coefficient (Wildman–Crippen LogP) is 2.87. The first-order valence-corrected chi connectivity index (χ1v) is 9.42. The van der Waals surface area contributed by atoms with Gasteiger partial charge in [-0.25, -0.2) is 4.98 Å². The van der Waals surface area contributed by atoms with Crippen molar-refractivity contribution in [2.75, 3.05) is 45.3 Å². The maximum atomic E-state index is 13.4. The van der Waals surface area contributed by atoms with Gasteiger partial charge in [-0.15, -0.1) is 0 Å². The number of nitrogens with zero attached hydrogens (tertiary/aromatic N) is 2. The fourth-order valence-electron chi connectivity index (χ4n) is 4.20. The summed E-state index contributed by atoms with van der Waals surface area (Å²) in [5.41, 5.74) is 3.98. The Labute approximate surface area is 163 Å². The molecule has 5 rings (SSSR count). The second-order valence-electron chi connectivity index (χ2n) is 7.02. The SMILES string of the molecule is COc1cc2c(cc1OC)-c1c(N3CCNCC3)nc3ccccc3c1C2=O. The molecule has 0 spiro atoms. The van der Waals surface area contributed by atoms with Crippen molar-refractivity contribution in [2.24, 2.45) is 0 Å². The maximum absolute atomic E-state index is 13.4. The van der Waals surface area contributed by atoms with Gasteiger partial charge in [-0.1, -0.05) is 18.2 Å². The molecule has 2 heterocycles. The summed E-state index contributed by atoms with van der Waals surface area (Å²) in [4.78, 5) is 20.7. The molecule has 6 nitrogen and oxygen atoms in total. The van der Waals surface area contributed by atoms with Crippen molar-refractivity contribution in [3.63, 3.8) is 0 Å². The first-order valence-electron chi connectivity index (χ1n) is 9.42. The molecule has 2 aliphatic rings. The van der Waals surface area contributed by atoms with Gasteiger partial charge >= 0.3 is 0 Å². The van der Waals surface area contributed by atoms with Crippen LogP contribution in [0.3, 0.4) is 0 Å². The summed E-state index contributed by atoms with van der Waals surface area (Å²) in [7, 11) is 3.19. The van der Waals surface area contributed by atoms with Crippen LogP contribution >= 0.6 is 0 Å². The van der Waals surface area contributed by atoms with E-state index in [2.05, 4.69) is 10.2 Å². The highest BCUT2D eigenvalue weighted by Gasteiger charge is 2.35. The van der Waals surface area contributed by atoms with Gasteiger partial charge in [0.1, 0.15) is 5.82 Å². The molecule has 1 N–H and O–H groups in total. The Morgan fingerprint density at radius 1 is 0.964 bits per heavy atom. The monoisotopic (exact) mass is 375 g/mol. The van der Waals surface area contributed by atoms with Gasteiger partial charge in [-0.05, 0) is 18.2 Å². The van der Waals surface area contributed by atoms with Crippen LogP contribution < -0.4 is 19.7 Å². The zero-order chi connectivity index (χ0) is 19.3. The number of anilines is 1. The molecule has 6 heteroatoms. The minimum absolute atomic E-state index is 0.0148. The third-order valence-corrected chi connectivity index (χ3v) is 5.55. The Hall–Kier alpha value is -3.12. The number of carbonyl (C=O) groups excluding carboxylic acids is 1. The van der Waals surface area contributed by atoms with Crippen LogP contribution in [0.25, 0.3) is 22.0 Å². The first-order chi connectivity index (χ1) is 13.7. The van der Waals surface area contributed by atoms with Crippen LogP contribution in [-0.2, 0) is 0 Å². The molecule has 142 valence electrons. The van der Waals surface area contributed by atoms with Gasteiger partial charge in [-0.3, -0.25) is 4.79 Å². The lowest BCUT2D eigenvalue weighted by Crippen LogP contribution is -2.44. The van der Waals surface area contributed by atoms with Gasteiger partial charge in [0.15, 0.2) is 17.3 Å². The summed E-state index contributed by atoms with van der Waals surface area (Å²) >= 11 is 0. The zero-order valence-electron chi connectivity index (χ0n) is 15.9. The molecule has 1 aliphatic heterocycles. The number of hydrogen-bond donors (Lipinski definition) is 1. The van der Waals surface area contributed by atoms with Crippen molar-refractivity contribution < 1.29 is 14.3 Å². The quantitative estimate of drug-likeness (QED) is 0.594. The van der Waals surface area contributed by atoms with Crippen LogP contribution in [0.5, 0.6) is 11.5 Å². The molecular formula is C22H21N3O3. The van der Waals surface area contributed by atoms with E-state index in [4.69, 9.17) is 14.5 Å². The zero-order valence-corrected chi connectivity index (χ0v) is 15.9. The van der Waals surface area contributed by atoms with Crippen molar-refractivity contribution in [1.29, 1.82) is 0 Å². The Kier molecular flexibility index (Phi) is 3.94. The Bertz CT molecular complexity index is 1100. The van der Waals surface area contributed by atoms with E-state index >= 15 is 0 Å². The molecule has 0 saturated carbocycles. The minimum atomic E-state index is 0.0148. The molecule has 28 heavy (non-hydrogen) atoms. The Balaban J connectivity index is 1.84. The van der Waals surface area contributed by atoms with E-state index in [9.17, 15) is 4.79 Å². The Morgan fingerprint density at radius 3 is 2.36 bits per heavy atom. The maximum Gasteiger partial charge on any atom is 0.195 e. The number of methoxy groups -OCH3 is 2. The number of pyridine rings is 1. The van der Waals surface area contributed by atoms with E-state index in [0.717, 1.165) is 59.6 Å². The number of fused-ring (bicyclic) bond motifs is 5. The highest BCUT2D eigenvalue weighted by atomic mass is 16.5. The highest BCUT2D eigenvalue weighted by molar-refractivity contribution is 6.29. The van der Waals surface area contributed by atoms with Crippen molar-refractivity contribution >= 4 is 22.5 Å². The lowest BCUT2D eigenvalue weighted by Gasteiger charge is -2.30. The number of hydrogen-bond acceptors (Lipinski definition) is 6. The lowest BCUT2D eigenvalue weighted by molar-refractivity contribution is 0.104. The van der Waals surface area contributed by atoms with Crippen LogP contribution in [-0.4, -0.2) is 51.2 Å². The third-order valence-electron chi connectivity index (χ3n) is 5.55. The average molecular weight is 375 g/mol. The largest absolute Gasteiger partial charge is 0.493 e. The Morgan fingerprint density at radius 2 is 1.64 bits per heavy atom. The number of carbonyl (C=O) groups is 1. The molecular weight excluding hydrogens is 354 g/mol. The normalized spacial score (nSPS) is 15.5. The second-order valence-corrected chi connectivity index (χ2v) is 7.02. The van der Waals surface area contributed by atoms with Gasteiger partial charge in [-0.2, -0.15) is 0 Å². The third kappa shape index (κ3) is 2.38. The van der Waals surface area contributed by atoms with Gasteiger partial charge in [0.2, 0.25) is 0 Å².